The van der Waals surface area contributed by atoms with Crippen molar-refractivity contribution in [3.05, 3.63) is 23.5 Å². The molecule has 2 rings (SSSR count). The van der Waals surface area contributed by atoms with Crippen LogP contribution in [0.25, 0.3) is 0 Å². The molecule has 1 amide bonds. The summed E-state index contributed by atoms with van der Waals surface area (Å²) in [7, 11) is 1.25. The summed E-state index contributed by atoms with van der Waals surface area (Å²) in [6.45, 7) is 1.61. The number of nitrogens with one attached hydrogen (secondary N) is 2. The number of hydrogen-bond donors (Lipinski definition) is 2. The van der Waals surface area contributed by atoms with Crippen molar-refractivity contribution in [3.63, 3.8) is 0 Å². The van der Waals surface area contributed by atoms with Crippen LogP contribution in [-0.4, -0.2) is 30.6 Å². The predicted molar refractivity (Wildman–Crippen MR) is 57.3 cm³/mol. The highest BCUT2D eigenvalue weighted by Gasteiger charge is 2.37. The van der Waals surface area contributed by atoms with Gasteiger partial charge in [-0.3, -0.25) is 10.1 Å². The predicted octanol–water partition coefficient (Wildman–Crippen LogP) is 1.12. The SMILES string of the molecule is Cc1[nH]cnc1C(=O)Nc1nc(C(F)(F)F)nn1C. The third-order valence-electron chi connectivity index (χ3n) is 2.29. The van der Waals surface area contributed by atoms with E-state index in [0.29, 0.717) is 5.69 Å². The van der Waals surface area contributed by atoms with Gasteiger partial charge in [-0.05, 0) is 6.92 Å². The minimum Gasteiger partial charge on any atom is -0.348 e. The number of imidazole rings is 1. The van der Waals surface area contributed by atoms with E-state index >= 15 is 0 Å². The molecule has 2 aromatic heterocycles. The highest BCUT2D eigenvalue weighted by molar-refractivity contribution is 6.02. The number of aromatic nitrogens is 5. The Hall–Kier alpha value is -2.39. The van der Waals surface area contributed by atoms with E-state index in [1.807, 2.05) is 0 Å². The molecule has 0 radical (unpaired) electrons. The van der Waals surface area contributed by atoms with Gasteiger partial charge in [0.05, 0.1) is 6.33 Å². The van der Waals surface area contributed by atoms with Gasteiger partial charge in [-0.1, -0.05) is 0 Å². The Morgan fingerprint density at radius 2 is 2.16 bits per heavy atom. The molecule has 0 aromatic carbocycles. The lowest BCUT2D eigenvalue weighted by Gasteiger charge is -2.01. The number of anilines is 1. The third-order valence-corrected chi connectivity index (χ3v) is 2.29. The molecule has 7 nitrogen and oxygen atoms in total. The van der Waals surface area contributed by atoms with Gasteiger partial charge in [-0.15, -0.1) is 5.10 Å². The number of nitrogens with zero attached hydrogens (tertiary/aromatic N) is 4. The zero-order valence-corrected chi connectivity index (χ0v) is 9.91. The second-order valence-electron chi connectivity index (χ2n) is 3.71. The number of amides is 1. The lowest BCUT2D eigenvalue weighted by molar-refractivity contribution is -0.144. The van der Waals surface area contributed by atoms with Gasteiger partial charge in [0.15, 0.2) is 0 Å². The van der Waals surface area contributed by atoms with Gasteiger partial charge in [0.2, 0.25) is 5.95 Å². The highest BCUT2D eigenvalue weighted by Crippen LogP contribution is 2.27. The molecule has 0 aliphatic heterocycles. The fourth-order valence-corrected chi connectivity index (χ4v) is 1.36. The second-order valence-corrected chi connectivity index (χ2v) is 3.71. The van der Waals surface area contributed by atoms with E-state index < -0.39 is 17.9 Å². The third kappa shape index (κ3) is 2.56. The van der Waals surface area contributed by atoms with Crippen molar-refractivity contribution in [2.75, 3.05) is 5.32 Å². The van der Waals surface area contributed by atoms with Crippen LogP contribution in [0.15, 0.2) is 6.33 Å². The Bertz CT molecular complexity index is 614. The Balaban J connectivity index is 2.23. The van der Waals surface area contributed by atoms with E-state index in [1.54, 1.807) is 6.92 Å². The fraction of sp³-hybridized carbons (Fsp3) is 0.333. The van der Waals surface area contributed by atoms with Gasteiger partial charge in [0.1, 0.15) is 5.69 Å². The van der Waals surface area contributed by atoms with Crippen molar-refractivity contribution < 1.29 is 18.0 Å². The van der Waals surface area contributed by atoms with E-state index in [9.17, 15) is 18.0 Å². The molecule has 0 saturated heterocycles. The minimum atomic E-state index is -4.66. The molecule has 10 heteroatoms. The van der Waals surface area contributed by atoms with E-state index in [2.05, 4.69) is 25.4 Å². The smallest absolute Gasteiger partial charge is 0.348 e. The zero-order chi connectivity index (χ0) is 14.2. The Kier molecular flexibility index (Phi) is 3.00. The van der Waals surface area contributed by atoms with E-state index in [1.165, 1.54) is 13.4 Å². The average Bonchev–Trinajstić information content (AvgIpc) is 2.85. The van der Waals surface area contributed by atoms with Crippen molar-refractivity contribution in [1.82, 2.24) is 24.7 Å². The van der Waals surface area contributed by atoms with Crippen molar-refractivity contribution in [1.29, 1.82) is 0 Å². The van der Waals surface area contributed by atoms with Crippen LogP contribution < -0.4 is 5.32 Å². The van der Waals surface area contributed by atoms with Gasteiger partial charge in [-0.25, -0.2) is 9.67 Å². The summed E-state index contributed by atoms with van der Waals surface area (Å²) in [6.07, 6.45) is -3.36. The molecule has 19 heavy (non-hydrogen) atoms. The van der Waals surface area contributed by atoms with Crippen molar-refractivity contribution >= 4 is 11.9 Å². The van der Waals surface area contributed by atoms with Crippen LogP contribution in [0.5, 0.6) is 0 Å². The average molecular weight is 274 g/mol. The highest BCUT2D eigenvalue weighted by atomic mass is 19.4. The molecule has 102 valence electrons. The van der Waals surface area contributed by atoms with Gasteiger partial charge in [0, 0.05) is 12.7 Å². The molecule has 2 heterocycles. The number of aromatic amines is 1. The number of alkyl halides is 3. The van der Waals surface area contributed by atoms with E-state index in [0.717, 1.165) is 4.68 Å². The maximum absolute atomic E-state index is 12.4. The normalized spacial score (nSPS) is 11.6. The standard InChI is InChI=1S/C9H9F3N6O/c1-4-5(14-3-13-4)6(19)15-8-16-7(9(10,11)12)17-18(8)2/h3H,1-2H3,(H,13,14)(H,15,16,17,19). The maximum Gasteiger partial charge on any atom is 0.453 e. The first kappa shape index (κ1) is 13.1. The molecule has 0 saturated carbocycles. The van der Waals surface area contributed by atoms with Crippen LogP contribution in [-0.2, 0) is 13.2 Å². The number of carbonyl (C=O) groups is 1. The maximum atomic E-state index is 12.4. The number of H-pyrrole nitrogens is 1. The van der Waals surface area contributed by atoms with Gasteiger partial charge >= 0.3 is 6.18 Å². The first-order valence-corrected chi connectivity index (χ1v) is 5.08. The molecule has 0 unspecified atom stereocenters. The molecule has 2 N–H and O–H groups in total. The zero-order valence-electron chi connectivity index (χ0n) is 9.91. The largest absolute Gasteiger partial charge is 0.453 e. The lowest BCUT2D eigenvalue weighted by atomic mass is 10.3. The van der Waals surface area contributed by atoms with Crippen LogP contribution >= 0.6 is 0 Å². The first-order valence-electron chi connectivity index (χ1n) is 5.08. The number of aryl methyl sites for hydroxylation is 2. The van der Waals surface area contributed by atoms with Crippen LogP contribution in [0.2, 0.25) is 0 Å². The monoisotopic (exact) mass is 274 g/mol. The number of rotatable bonds is 2. The summed E-state index contributed by atoms with van der Waals surface area (Å²) >= 11 is 0. The van der Waals surface area contributed by atoms with Crippen molar-refractivity contribution in [3.8, 4) is 0 Å². The van der Waals surface area contributed by atoms with Crippen LogP contribution in [0, 0.1) is 6.92 Å². The van der Waals surface area contributed by atoms with Crippen LogP contribution in [0.3, 0.4) is 0 Å². The molecule has 2 aromatic rings. The summed E-state index contributed by atoms with van der Waals surface area (Å²) in [4.78, 5) is 21.4. The molecule has 0 aliphatic carbocycles. The quantitative estimate of drug-likeness (QED) is 0.858. The summed E-state index contributed by atoms with van der Waals surface area (Å²) < 4.78 is 38.0. The topological polar surface area (TPSA) is 88.5 Å². The van der Waals surface area contributed by atoms with Gasteiger partial charge in [-0.2, -0.15) is 18.2 Å². The van der Waals surface area contributed by atoms with Crippen LogP contribution in [0.4, 0.5) is 19.1 Å². The lowest BCUT2D eigenvalue weighted by Crippen LogP contribution is -2.16. The summed E-state index contributed by atoms with van der Waals surface area (Å²) in [5, 5.41) is 5.39. The Morgan fingerprint density at radius 3 is 2.63 bits per heavy atom. The van der Waals surface area contributed by atoms with Crippen LogP contribution in [0.1, 0.15) is 22.0 Å². The summed E-state index contributed by atoms with van der Waals surface area (Å²) in [5.74, 6) is -2.29. The molecule has 0 fully saturated rings. The number of carbonyl (C=O) groups excluding carboxylic acids is 1. The Labute approximate surface area is 104 Å². The summed E-state index contributed by atoms with van der Waals surface area (Å²) in [6, 6.07) is 0. The number of halogens is 3. The first-order chi connectivity index (χ1) is 8.79. The Morgan fingerprint density at radius 1 is 1.47 bits per heavy atom. The molecule has 0 spiro atoms. The molecule has 0 atom stereocenters. The van der Waals surface area contributed by atoms with Crippen molar-refractivity contribution in [2.24, 2.45) is 7.05 Å². The van der Waals surface area contributed by atoms with Crippen molar-refractivity contribution in [2.45, 2.75) is 13.1 Å². The summed E-state index contributed by atoms with van der Waals surface area (Å²) in [5.41, 5.74) is 0.576. The van der Waals surface area contributed by atoms with Gasteiger partial charge < -0.3 is 4.98 Å². The molecule has 0 aliphatic rings. The number of hydrogen-bond acceptors (Lipinski definition) is 4. The fourth-order valence-electron chi connectivity index (χ4n) is 1.36. The molecule has 0 bridgehead atoms. The second kappa shape index (κ2) is 4.37. The molecular formula is C9H9F3N6O. The molecular weight excluding hydrogens is 265 g/mol. The van der Waals surface area contributed by atoms with E-state index in [-0.39, 0.29) is 11.6 Å². The van der Waals surface area contributed by atoms with E-state index in [4.69, 9.17) is 0 Å². The minimum absolute atomic E-state index is 0.0801. The van der Waals surface area contributed by atoms with Gasteiger partial charge in [0.25, 0.3) is 11.7 Å².